The average Bonchev–Trinajstić information content (AvgIpc) is 3.23. The van der Waals surface area contributed by atoms with Crippen molar-refractivity contribution < 1.29 is 14.7 Å². The molecule has 3 aromatic rings. The lowest BCUT2D eigenvalue weighted by atomic mass is 9.72. The van der Waals surface area contributed by atoms with Crippen molar-refractivity contribution in [3.63, 3.8) is 0 Å². The molecule has 2 unspecified atom stereocenters. The number of nitrogen functional groups attached to an aromatic ring is 1. The number of nitrogens with one attached hydrogen (secondary N) is 1. The molecule has 2 aliphatic rings. The fraction of sp³-hybridized carbons (Fsp3) is 0.321. The van der Waals surface area contributed by atoms with E-state index in [1.54, 1.807) is 29.3 Å². The highest BCUT2D eigenvalue weighted by Gasteiger charge is 2.51. The molecular formula is C28H31N5O3. The third kappa shape index (κ3) is 4.71. The molecule has 0 radical (unpaired) electrons. The number of likely N-dealkylation sites (tertiary alicyclic amines) is 1. The Kier molecular flexibility index (Phi) is 6.50. The molecule has 2 aliphatic heterocycles. The van der Waals surface area contributed by atoms with Gasteiger partial charge in [0.1, 0.15) is 5.82 Å². The second-order valence-corrected chi connectivity index (χ2v) is 9.77. The number of hydrogen-bond donors (Lipinski definition) is 3. The SMILES string of the molecule is Nc1ccccc1NC(=O)c1ccc(N2CCCC3(CCN(C(=O)O)C3Cc3ccccc3)C2)nc1. The van der Waals surface area contributed by atoms with Crippen molar-refractivity contribution in [1.29, 1.82) is 0 Å². The molecule has 0 bridgehead atoms. The molecule has 4 N–H and O–H groups in total. The van der Waals surface area contributed by atoms with Crippen molar-refractivity contribution >= 4 is 29.2 Å². The normalized spacial score (nSPS) is 21.5. The number of nitrogens with two attached hydrogens (primary N) is 1. The second kappa shape index (κ2) is 9.89. The molecule has 1 spiro atoms. The van der Waals surface area contributed by atoms with E-state index >= 15 is 0 Å². The van der Waals surface area contributed by atoms with E-state index in [-0.39, 0.29) is 17.4 Å². The van der Waals surface area contributed by atoms with Gasteiger partial charge in [-0.15, -0.1) is 0 Å². The summed E-state index contributed by atoms with van der Waals surface area (Å²) in [5.41, 5.74) is 8.48. The number of amides is 2. The lowest BCUT2D eigenvalue weighted by molar-refractivity contribution is 0.102. The maximum Gasteiger partial charge on any atom is 0.407 e. The van der Waals surface area contributed by atoms with Crippen LogP contribution in [0.3, 0.4) is 0 Å². The minimum absolute atomic E-state index is 0.0819. The fourth-order valence-electron chi connectivity index (χ4n) is 5.73. The van der Waals surface area contributed by atoms with Crippen LogP contribution in [0, 0.1) is 5.41 Å². The van der Waals surface area contributed by atoms with Crippen molar-refractivity contribution in [2.24, 2.45) is 5.41 Å². The number of aromatic nitrogens is 1. The fourth-order valence-corrected chi connectivity index (χ4v) is 5.73. The van der Waals surface area contributed by atoms with Crippen LogP contribution in [-0.4, -0.2) is 52.7 Å². The van der Waals surface area contributed by atoms with Gasteiger partial charge in [0, 0.05) is 37.3 Å². The molecule has 2 amide bonds. The summed E-state index contributed by atoms with van der Waals surface area (Å²) in [4.78, 5) is 33.3. The largest absolute Gasteiger partial charge is 0.465 e. The van der Waals surface area contributed by atoms with Crippen molar-refractivity contribution in [1.82, 2.24) is 9.88 Å². The van der Waals surface area contributed by atoms with Crippen LogP contribution in [0.4, 0.5) is 22.0 Å². The number of benzene rings is 2. The predicted octanol–water partition coefficient (Wildman–Crippen LogP) is 4.50. The first-order valence-electron chi connectivity index (χ1n) is 12.4. The molecule has 8 nitrogen and oxygen atoms in total. The number of pyridine rings is 1. The number of hydrogen-bond acceptors (Lipinski definition) is 5. The highest BCUT2D eigenvalue weighted by Crippen LogP contribution is 2.46. The third-order valence-corrected chi connectivity index (χ3v) is 7.60. The first kappa shape index (κ1) is 23.7. The van der Waals surface area contributed by atoms with E-state index in [1.165, 1.54) is 0 Å². The Hall–Kier alpha value is -4.07. The summed E-state index contributed by atoms with van der Waals surface area (Å²) in [5, 5.41) is 12.7. The Morgan fingerprint density at radius 1 is 1.03 bits per heavy atom. The summed E-state index contributed by atoms with van der Waals surface area (Å²) in [6.45, 7) is 2.15. The Balaban J connectivity index is 1.33. The molecule has 1 aromatic heterocycles. The topological polar surface area (TPSA) is 112 Å². The molecule has 2 saturated heterocycles. The molecule has 2 atom stereocenters. The molecule has 36 heavy (non-hydrogen) atoms. The summed E-state index contributed by atoms with van der Waals surface area (Å²) < 4.78 is 0. The zero-order chi connectivity index (χ0) is 25.1. The van der Waals surface area contributed by atoms with Crippen LogP contribution in [0.25, 0.3) is 0 Å². The van der Waals surface area contributed by atoms with Gasteiger partial charge in [0.2, 0.25) is 0 Å². The van der Waals surface area contributed by atoms with E-state index in [4.69, 9.17) is 5.73 Å². The zero-order valence-corrected chi connectivity index (χ0v) is 20.1. The van der Waals surface area contributed by atoms with Crippen LogP contribution in [0.2, 0.25) is 0 Å². The maximum atomic E-state index is 12.7. The van der Waals surface area contributed by atoms with E-state index < -0.39 is 6.09 Å². The van der Waals surface area contributed by atoms with Gasteiger partial charge in [0.05, 0.1) is 16.9 Å². The van der Waals surface area contributed by atoms with E-state index in [1.807, 2.05) is 36.4 Å². The Labute approximate surface area is 210 Å². The van der Waals surface area contributed by atoms with Crippen molar-refractivity contribution in [3.8, 4) is 0 Å². The average molecular weight is 486 g/mol. The van der Waals surface area contributed by atoms with Crippen LogP contribution >= 0.6 is 0 Å². The van der Waals surface area contributed by atoms with Crippen LogP contribution < -0.4 is 16.0 Å². The summed E-state index contributed by atoms with van der Waals surface area (Å²) in [7, 11) is 0. The number of nitrogens with zero attached hydrogens (tertiary/aromatic N) is 3. The molecule has 3 heterocycles. The Morgan fingerprint density at radius 2 is 1.81 bits per heavy atom. The Morgan fingerprint density at radius 3 is 2.53 bits per heavy atom. The van der Waals surface area contributed by atoms with Gasteiger partial charge in [0.15, 0.2) is 0 Å². The first-order chi connectivity index (χ1) is 17.4. The van der Waals surface area contributed by atoms with Gasteiger partial charge >= 0.3 is 6.09 Å². The summed E-state index contributed by atoms with van der Waals surface area (Å²) in [6, 6.07) is 20.8. The van der Waals surface area contributed by atoms with Crippen LogP contribution in [0.15, 0.2) is 72.9 Å². The van der Waals surface area contributed by atoms with E-state index in [2.05, 4.69) is 27.3 Å². The van der Waals surface area contributed by atoms with Gasteiger partial charge in [-0.25, -0.2) is 9.78 Å². The maximum absolute atomic E-state index is 12.7. The van der Waals surface area contributed by atoms with E-state index in [9.17, 15) is 14.7 Å². The number of carboxylic acid groups (broad SMARTS) is 1. The number of rotatable bonds is 5. The van der Waals surface area contributed by atoms with Gasteiger partial charge < -0.3 is 26.0 Å². The van der Waals surface area contributed by atoms with E-state index in [0.717, 1.165) is 43.7 Å². The molecule has 2 aromatic carbocycles. The zero-order valence-electron chi connectivity index (χ0n) is 20.1. The molecule has 2 fully saturated rings. The summed E-state index contributed by atoms with van der Waals surface area (Å²) >= 11 is 0. The van der Waals surface area contributed by atoms with Crippen LogP contribution in [-0.2, 0) is 6.42 Å². The van der Waals surface area contributed by atoms with Crippen molar-refractivity contribution in [3.05, 3.63) is 84.1 Å². The minimum atomic E-state index is -0.850. The second-order valence-electron chi connectivity index (χ2n) is 9.77. The van der Waals surface area contributed by atoms with Gasteiger partial charge in [-0.05, 0) is 55.5 Å². The molecular weight excluding hydrogens is 454 g/mol. The first-order valence-corrected chi connectivity index (χ1v) is 12.4. The monoisotopic (exact) mass is 485 g/mol. The summed E-state index contributed by atoms with van der Waals surface area (Å²) in [6.07, 6.45) is 4.24. The standard InChI is InChI=1S/C28H31N5O3/c29-22-9-4-5-10-23(22)31-26(34)21-11-12-25(30-18-21)32-15-6-13-28(19-32)14-16-33(27(35)36)24(28)17-20-7-2-1-3-8-20/h1-5,7-12,18,24H,6,13-17,19,29H2,(H,31,34)(H,35,36). The molecule has 5 rings (SSSR count). The Bertz CT molecular complexity index is 1230. The molecule has 0 saturated carbocycles. The van der Waals surface area contributed by atoms with Crippen molar-refractivity contribution in [2.75, 3.05) is 35.6 Å². The lowest BCUT2D eigenvalue weighted by Gasteiger charge is -2.45. The van der Waals surface area contributed by atoms with Gasteiger partial charge in [-0.3, -0.25) is 4.79 Å². The van der Waals surface area contributed by atoms with Gasteiger partial charge in [0.25, 0.3) is 5.91 Å². The van der Waals surface area contributed by atoms with Crippen molar-refractivity contribution in [2.45, 2.75) is 31.7 Å². The van der Waals surface area contributed by atoms with Crippen LogP contribution in [0.1, 0.15) is 35.2 Å². The number of para-hydroxylation sites is 2. The summed E-state index contributed by atoms with van der Waals surface area (Å²) in [5.74, 6) is 0.537. The predicted molar refractivity (Wildman–Crippen MR) is 140 cm³/mol. The highest BCUT2D eigenvalue weighted by molar-refractivity contribution is 6.05. The quantitative estimate of drug-likeness (QED) is 0.459. The van der Waals surface area contributed by atoms with Gasteiger partial charge in [-0.2, -0.15) is 0 Å². The third-order valence-electron chi connectivity index (χ3n) is 7.60. The number of anilines is 3. The molecule has 0 aliphatic carbocycles. The minimum Gasteiger partial charge on any atom is -0.465 e. The molecule has 186 valence electrons. The highest BCUT2D eigenvalue weighted by atomic mass is 16.4. The van der Waals surface area contributed by atoms with Gasteiger partial charge in [-0.1, -0.05) is 42.5 Å². The number of piperidine rings is 1. The molecule has 8 heteroatoms. The van der Waals surface area contributed by atoms with Crippen LogP contribution in [0.5, 0.6) is 0 Å². The van der Waals surface area contributed by atoms with E-state index in [0.29, 0.717) is 29.9 Å². The number of carbonyl (C=O) groups excluding carboxylic acids is 1. The number of carbonyl (C=O) groups is 2. The lowest BCUT2D eigenvalue weighted by Crippen LogP contribution is -2.52. The smallest absolute Gasteiger partial charge is 0.407 e.